The summed E-state index contributed by atoms with van der Waals surface area (Å²) in [5, 5.41) is 0. The molecule has 0 saturated heterocycles. The third kappa shape index (κ3) is 4.73. The van der Waals surface area contributed by atoms with Crippen LogP contribution in [0.1, 0.15) is 24.5 Å². The summed E-state index contributed by atoms with van der Waals surface area (Å²) in [7, 11) is -3.61. The van der Waals surface area contributed by atoms with E-state index in [2.05, 4.69) is 4.72 Å². The lowest BCUT2D eigenvalue weighted by Crippen LogP contribution is -2.20. The number of ether oxygens (including phenoxy) is 1. The van der Waals surface area contributed by atoms with E-state index in [9.17, 15) is 13.2 Å². The van der Waals surface area contributed by atoms with Gasteiger partial charge in [-0.05, 0) is 38.0 Å². The molecule has 0 aromatic heterocycles. The van der Waals surface area contributed by atoms with Crippen molar-refractivity contribution >= 4 is 27.4 Å². The molecule has 20 heavy (non-hydrogen) atoms. The van der Waals surface area contributed by atoms with Crippen LogP contribution >= 0.6 is 0 Å². The van der Waals surface area contributed by atoms with Gasteiger partial charge in [-0.1, -0.05) is 6.07 Å². The molecule has 0 fully saturated rings. The van der Waals surface area contributed by atoms with Crippen LogP contribution in [0.4, 0.5) is 11.4 Å². The predicted octanol–water partition coefficient (Wildman–Crippen LogP) is 1.58. The van der Waals surface area contributed by atoms with Gasteiger partial charge in [0.2, 0.25) is 10.0 Å². The van der Waals surface area contributed by atoms with Crippen LogP contribution in [0.3, 0.4) is 0 Å². The Morgan fingerprint density at radius 1 is 1.30 bits per heavy atom. The van der Waals surface area contributed by atoms with Gasteiger partial charge < -0.3 is 10.5 Å². The highest BCUT2D eigenvalue weighted by molar-refractivity contribution is 7.92. The van der Waals surface area contributed by atoms with Crippen LogP contribution in [0.5, 0.6) is 0 Å². The van der Waals surface area contributed by atoms with E-state index in [4.69, 9.17) is 10.5 Å². The monoisotopic (exact) mass is 300 g/mol. The molecule has 0 bridgehead atoms. The molecule has 0 atom stereocenters. The molecule has 6 nitrogen and oxygen atoms in total. The van der Waals surface area contributed by atoms with Gasteiger partial charge in [0.05, 0.1) is 24.5 Å². The van der Waals surface area contributed by atoms with Crippen molar-refractivity contribution < 1.29 is 17.9 Å². The summed E-state index contributed by atoms with van der Waals surface area (Å²) in [5.74, 6) is -0.850. The zero-order valence-corrected chi connectivity index (χ0v) is 12.7. The van der Waals surface area contributed by atoms with E-state index in [1.54, 1.807) is 26.0 Å². The van der Waals surface area contributed by atoms with Gasteiger partial charge in [0.1, 0.15) is 0 Å². The number of hydrogen-bond donors (Lipinski definition) is 2. The summed E-state index contributed by atoms with van der Waals surface area (Å²) in [6, 6.07) is 3.38. The first-order valence-corrected chi connectivity index (χ1v) is 7.93. The second kappa shape index (κ2) is 6.60. The van der Waals surface area contributed by atoms with Gasteiger partial charge in [-0.15, -0.1) is 0 Å². The van der Waals surface area contributed by atoms with E-state index in [1.807, 2.05) is 6.92 Å². The minimum atomic E-state index is -3.61. The number of aryl methyl sites for hydroxylation is 2. The van der Waals surface area contributed by atoms with Gasteiger partial charge in [-0.25, -0.2) is 8.42 Å². The highest BCUT2D eigenvalue weighted by Gasteiger charge is 2.15. The number of anilines is 2. The third-order valence-electron chi connectivity index (χ3n) is 2.76. The number of sulfonamides is 1. The second-order valence-corrected chi connectivity index (χ2v) is 6.34. The zero-order chi connectivity index (χ0) is 15.3. The quantitative estimate of drug-likeness (QED) is 0.614. The molecule has 0 aliphatic rings. The van der Waals surface area contributed by atoms with Gasteiger partial charge in [-0.2, -0.15) is 0 Å². The van der Waals surface area contributed by atoms with Crippen molar-refractivity contribution in [3.05, 3.63) is 23.3 Å². The molecule has 7 heteroatoms. The highest BCUT2D eigenvalue weighted by atomic mass is 32.2. The summed E-state index contributed by atoms with van der Waals surface area (Å²) in [4.78, 5) is 11.2. The van der Waals surface area contributed by atoms with Crippen molar-refractivity contribution in [1.82, 2.24) is 0 Å². The Kier molecular flexibility index (Phi) is 5.38. The summed E-state index contributed by atoms with van der Waals surface area (Å²) in [6.07, 6.45) is -0.177. The molecule has 0 saturated carbocycles. The van der Waals surface area contributed by atoms with Crippen molar-refractivity contribution in [2.45, 2.75) is 27.2 Å². The third-order valence-corrected chi connectivity index (χ3v) is 4.03. The summed E-state index contributed by atoms with van der Waals surface area (Å²) < 4.78 is 30.9. The Hall–Kier alpha value is -1.76. The Balaban J connectivity index is 2.76. The molecule has 1 rings (SSSR count). The molecule has 0 aliphatic carbocycles. The number of rotatable bonds is 6. The normalized spacial score (nSPS) is 11.2. The number of nitrogen functional groups attached to an aromatic ring is 1. The topological polar surface area (TPSA) is 98.5 Å². The van der Waals surface area contributed by atoms with Crippen LogP contribution in [0, 0.1) is 13.8 Å². The molecule has 1 aromatic carbocycles. The molecule has 0 aliphatic heterocycles. The van der Waals surface area contributed by atoms with E-state index in [1.165, 1.54) is 0 Å². The number of carbonyl (C=O) groups excluding carboxylic acids is 1. The van der Waals surface area contributed by atoms with Crippen LogP contribution in [0.2, 0.25) is 0 Å². The second-order valence-electron chi connectivity index (χ2n) is 4.50. The number of carbonyl (C=O) groups is 1. The first-order chi connectivity index (χ1) is 9.25. The molecule has 3 N–H and O–H groups in total. The Bertz CT molecular complexity index is 597. The van der Waals surface area contributed by atoms with Crippen molar-refractivity contribution in [1.29, 1.82) is 0 Å². The number of hydrogen-bond acceptors (Lipinski definition) is 5. The largest absolute Gasteiger partial charge is 0.466 e. The Morgan fingerprint density at radius 2 is 1.95 bits per heavy atom. The standard InChI is InChI=1S/C13H20N2O4S/c1-4-19-13(16)5-6-20(17,18)15-12-8-11(14)9(2)7-10(12)3/h7-8,15H,4-6,14H2,1-3H3. The van der Waals surface area contributed by atoms with Gasteiger partial charge in [-0.3, -0.25) is 9.52 Å². The molecule has 112 valence electrons. The first kappa shape index (κ1) is 16.3. The van der Waals surface area contributed by atoms with Crippen LogP contribution < -0.4 is 10.5 Å². The minimum Gasteiger partial charge on any atom is -0.466 e. The number of nitrogens with two attached hydrogens (primary N) is 1. The molecule has 0 radical (unpaired) electrons. The zero-order valence-electron chi connectivity index (χ0n) is 11.9. The Labute approximate surface area is 119 Å². The minimum absolute atomic E-state index is 0.177. The van der Waals surface area contributed by atoms with Gasteiger partial charge in [0, 0.05) is 5.69 Å². The first-order valence-electron chi connectivity index (χ1n) is 6.28. The maximum absolute atomic E-state index is 11.9. The SMILES string of the molecule is CCOC(=O)CCS(=O)(=O)Nc1cc(N)c(C)cc1C. The molecule has 0 amide bonds. The fourth-order valence-corrected chi connectivity index (χ4v) is 2.74. The smallest absolute Gasteiger partial charge is 0.306 e. The van der Waals surface area contributed by atoms with Crippen LogP contribution in [-0.2, 0) is 19.6 Å². The molecule has 0 heterocycles. The van der Waals surface area contributed by atoms with E-state index < -0.39 is 16.0 Å². The highest BCUT2D eigenvalue weighted by Crippen LogP contribution is 2.23. The lowest BCUT2D eigenvalue weighted by molar-refractivity contribution is -0.142. The predicted molar refractivity (Wildman–Crippen MR) is 79.0 cm³/mol. The number of esters is 1. The van der Waals surface area contributed by atoms with Crippen molar-refractivity contribution in [2.24, 2.45) is 0 Å². The van der Waals surface area contributed by atoms with Crippen molar-refractivity contribution in [2.75, 3.05) is 22.8 Å². The molecule has 1 aromatic rings. The van der Waals surface area contributed by atoms with Gasteiger partial charge in [0.25, 0.3) is 0 Å². The average molecular weight is 300 g/mol. The van der Waals surface area contributed by atoms with E-state index in [0.717, 1.165) is 11.1 Å². The fourth-order valence-electron chi connectivity index (χ4n) is 1.65. The van der Waals surface area contributed by atoms with Crippen molar-refractivity contribution in [3.63, 3.8) is 0 Å². The molecular weight excluding hydrogens is 280 g/mol. The summed E-state index contributed by atoms with van der Waals surface area (Å²) >= 11 is 0. The lowest BCUT2D eigenvalue weighted by Gasteiger charge is -2.12. The summed E-state index contributed by atoms with van der Waals surface area (Å²) in [6.45, 7) is 5.54. The van der Waals surface area contributed by atoms with Gasteiger partial charge in [0.15, 0.2) is 0 Å². The maximum atomic E-state index is 11.9. The Morgan fingerprint density at radius 3 is 2.55 bits per heavy atom. The summed E-state index contributed by atoms with van der Waals surface area (Å²) in [5.41, 5.74) is 8.36. The molecule has 0 unspecified atom stereocenters. The van der Waals surface area contributed by atoms with Gasteiger partial charge >= 0.3 is 5.97 Å². The van der Waals surface area contributed by atoms with Crippen LogP contribution in [0.25, 0.3) is 0 Å². The fraction of sp³-hybridized carbons (Fsp3) is 0.462. The van der Waals surface area contributed by atoms with E-state index >= 15 is 0 Å². The van der Waals surface area contributed by atoms with Crippen molar-refractivity contribution in [3.8, 4) is 0 Å². The molecule has 0 spiro atoms. The van der Waals surface area contributed by atoms with E-state index in [-0.39, 0.29) is 18.8 Å². The maximum Gasteiger partial charge on any atom is 0.306 e. The van der Waals surface area contributed by atoms with E-state index in [0.29, 0.717) is 11.4 Å². The average Bonchev–Trinajstić information content (AvgIpc) is 2.34. The number of nitrogens with one attached hydrogen (secondary N) is 1. The number of benzene rings is 1. The van der Waals surface area contributed by atoms with Crippen LogP contribution in [-0.4, -0.2) is 26.7 Å². The molecular formula is C13H20N2O4S. The lowest BCUT2D eigenvalue weighted by atomic mass is 10.1. The van der Waals surface area contributed by atoms with Crippen LogP contribution in [0.15, 0.2) is 12.1 Å².